The molecule has 1 aromatic rings. The fourth-order valence-corrected chi connectivity index (χ4v) is 3.06. The first kappa shape index (κ1) is 15.0. The molecule has 0 bridgehead atoms. The molecule has 1 aliphatic rings. The average molecular weight is 274 g/mol. The number of aryl methyl sites for hydroxylation is 2. The molecule has 110 valence electrons. The Morgan fingerprint density at radius 2 is 1.85 bits per heavy atom. The van der Waals surface area contributed by atoms with Crippen LogP contribution in [0.5, 0.6) is 0 Å². The second-order valence-corrected chi connectivity index (χ2v) is 6.15. The number of hydrogen-bond acceptors (Lipinski definition) is 2. The first-order valence-electron chi connectivity index (χ1n) is 7.57. The van der Waals surface area contributed by atoms with Gasteiger partial charge in [-0.1, -0.05) is 29.3 Å². The Labute approximate surface area is 122 Å². The summed E-state index contributed by atoms with van der Waals surface area (Å²) < 4.78 is 0. The molecule has 1 saturated heterocycles. The van der Waals surface area contributed by atoms with Gasteiger partial charge in [-0.25, -0.2) is 0 Å². The van der Waals surface area contributed by atoms with Crippen molar-refractivity contribution in [1.82, 2.24) is 10.2 Å². The Kier molecular flexibility index (Phi) is 4.81. The molecule has 3 nitrogen and oxygen atoms in total. The Morgan fingerprint density at radius 1 is 1.20 bits per heavy atom. The van der Waals surface area contributed by atoms with Crippen LogP contribution in [0.1, 0.15) is 49.4 Å². The van der Waals surface area contributed by atoms with E-state index in [0.717, 1.165) is 25.9 Å². The number of rotatable bonds is 5. The van der Waals surface area contributed by atoms with Gasteiger partial charge in [0.2, 0.25) is 5.91 Å². The van der Waals surface area contributed by atoms with Crippen molar-refractivity contribution < 1.29 is 4.79 Å². The predicted molar refractivity (Wildman–Crippen MR) is 82.7 cm³/mol. The van der Waals surface area contributed by atoms with E-state index in [1.54, 1.807) is 0 Å². The molecule has 1 aromatic carbocycles. The zero-order valence-corrected chi connectivity index (χ0v) is 13.1. The quantitative estimate of drug-likeness (QED) is 0.895. The molecule has 3 heteroatoms. The van der Waals surface area contributed by atoms with Crippen LogP contribution in [0.2, 0.25) is 0 Å². The maximum atomic E-state index is 11.7. The third kappa shape index (κ3) is 3.83. The molecule has 1 fully saturated rings. The molecule has 0 radical (unpaired) electrons. The fraction of sp³-hybridized carbons (Fsp3) is 0.588. The van der Waals surface area contributed by atoms with Crippen LogP contribution in [0, 0.1) is 13.8 Å². The Balaban J connectivity index is 1.92. The number of nitrogens with zero attached hydrogens (tertiary/aromatic N) is 1. The lowest BCUT2D eigenvalue weighted by Gasteiger charge is -2.25. The Morgan fingerprint density at radius 3 is 2.40 bits per heavy atom. The van der Waals surface area contributed by atoms with E-state index in [0.29, 0.717) is 18.0 Å². The molecule has 1 heterocycles. The van der Waals surface area contributed by atoms with E-state index < -0.39 is 0 Å². The Hall–Kier alpha value is -1.35. The van der Waals surface area contributed by atoms with E-state index in [4.69, 9.17) is 0 Å². The summed E-state index contributed by atoms with van der Waals surface area (Å²) in [5, 5.41) is 3.60. The van der Waals surface area contributed by atoms with E-state index in [1.807, 2.05) is 4.90 Å². The topological polar surface area (TPSA) is 32.3 Å². The monoisotopic (exact) mass is 274 g/mol. The highest BCUT2D eigenvalue weighted by atomic mass is 16.2. The molecule has 0 spiro atoms. The van der Waals surface area contributed by atoms with Gasteiger partial charge in [-0.2, -0.15) is 0 Å². The van der Waals surface area contributed by atoms with Gasteiger partial charge in [-0.3, -0.25) is 4.79 Å². The Bertz CT molecular complexity index is 464. The minimum absolute atomic E-state index is 0.303. The molecule has 2 rings (SSSR count). The van der Waals surface area contributed by atoms with Gasteiger partial charge in [-0.05, 0) is 39.7 Å². The van der Waals surface area contributed by atoms with E-state index in [-0.39, 0.29) is 0 Å². The summed E-state index contributed by atoms with van der Waals surface area (Å²) >= 11 is 0. The van der Waals surface area contributed by atoms with Gasteiger partial charge in [0.05, 0.1) is 0 Å². The number of carbonyl (C=O) groups excluding carboxylic acids is 1. The summed E-state index contributed by atoms with van der Waals surface area (Å²) in [6.45, 7) is 10.4. The second-order valence-electron chi connectivity index (χ2n) is 6.15. The van der Waals surface area contributed by atoms with E-state index >= 15 is 0 Å². The summed E-state index contributed by atoms with van der Waals surface area (Å²) in [5.74, 6) is 0.303. The molecule has 1 aliphatic heterocycles. The molecule has 0 aliphatic carbocycles. The predicted octanol–water partition coefficient (Wildman–Crippen LogP) is 2.96. The van der Waals surface area contributed by atoms with Crippen LogP contribution in [-0.4, -0.2) is 29.9 Å². The molecule has 2 unspecified atom stereocenters. The SMILES string of the molecule is Cc1cc(C)cc(C(C)NC(C)CN2CCCC2=O)c1. The third-order valence-electron chi connectivity index (χ3n) is 3.94. The summed E-state index contributed by atoms with van der Waals surface area (Å²) in [4.78, 5) is 13.6. The zero-order valence-electron chi connectivity index (χ0n) is 13.1. The molecule has 0 saturated carbocycles. The maximum absolute atomic E-state index is 11.7. The standard InChI is InChI=1S/C17H26N2O/c1-12-8-13(2)10-16(9-12)15(4)18-14(3)11-19-7-5-6-17(19)20/h8-10,14-15,18H,5-7,11H2,1-4H3. The molecular weight excluding hydrogens is 248 g/mol. The average Bonchev–Trinajstić information content (AvgIpc) is 2.73. The first-order chi connectivity index (χ1) is 9.45. The number of carbonyl (C=O) groups is 1. The van der Waals surface area contributed by atoms with Crippen molar-refractivity contribution in [1.29, 1.82) is 0 Å². The van der Waals surface area contributed by atoms with Crippen LogP contribution >= 0.6 is 0 Å². The van der Waals surface area contributed by atoms with Crippen molar-refractivity contribution in [2.75, 3.05) is 13.1 Å². The smallest absolute Gasteiger partial charge is 0.222 e. The highest BCUT2D eigenvalue weighted by molar-refractivity contribution is 5.78. The third-order valence-corrected chi connectivity index (χ3v) is 3.94. The molecule has 1 N–H and O–H groups in total. The van der Waals surface area contributed by atoms with Gasteiger partial charge in [-0.15, -0.1) is 0 Å². The van der Waals surface area contributed by atoms with Gasteiger partial charge >= 0.3 is 0 Å². The summed E-state index contributed by atoms with van der Waals surface area (Å²) in [6, 6.07) is 7.29. The van der Waals surface area contributed by atoms with E-state index in [1.165, 1.54) is 16.7 Å². The number of amides is 1. The van der Waals surface area contributed by atoms with Crippen LogP contribution in [0.4, 0.5) is 0 Å². The second kappa shape index (κ2) is 6.40. The first-order valence-corrected chi connectivity index (χ1v) is 7.57. The maximum Gasteiger partial charge on any atom is 0.222 e. The van der Waals surface area contributed by atoms with Gasteiger partial charge < -0.3 is 10.2 Å². The number of benzene rings is 1. The number of hydrogen-bond donors (Lipinski definition) is 1. The lowest BCUT2D eigenvalue weighted by atomic mass is 10.0. The van der Waals surface area contributed by atoms with Crippen LogP contribution in [0.15, 0.2) is 18.2 Å². The summed E-state index contributed by atoms with van der Waals surface area (Å²) in [5.41, 5.74) is 3.93. The highest BCUT2D eigenvalue weighted by Gasteiger charge is 2.22. The molecule has 1 amide bonds. The van der Waals surface area contributed by atoms with Crippen molar-refractivity contribution in [3.05, 3.63) is 34.9 Å². The normalized spacial score (nSPS) is 18.4. The largest absolute Gasteiger partial charge is 0.341 e. The van der Waals surface area contributed by atoms with Gasteiger partial charge in [0, 0.05) is 31.6 Å². The van der Waals surface area contributed by atoms with Gasteiger partial charge in [0.25, 0.3) is 0 Å². The van der Waals surface area contributed by atoms with Crippen LogP contribution in [0.3, 0.4) is 0 Å². The van der Waals surface area contributed by atoms with Gasteiger partial charge in [0.1, 0.15) is 0 Å². The van der Waals surface area contributed by atoms with Crippen LogP contribution < -0.4 is 5.32 Å². The number of likely N-dealkylation sites (tertiary alicyclic amines) is 1. The van der Waals surface area contributed by atoms with Crippen molar-refractivity contribution in [2.24, 2.45) is 0 Å². The minimum atomic E-state index is 0.303. The molecular formula is C17H26N2O. The van der Waals surface area contributed by atoms with Crippen molar-refractivity contribution >= 4 is 5.91 Å². The lowest BCUT2D eigenvalue weighted by molar-refractivity contribution is -0.127. The van der Waals surface area contributed by atoms with Crippen molar-refractivity contribution in [2.45, 2.75) is 52.6 Å². The highest BCUT2D eigenvalue weighted by Crippen LogP contribution is 2.18. The van der Waals surface area contributed by atoms with Crippen molar-refractivity contribution in [3.63, 3.8) is 0 Å². The molecule has 0 aromatic heterocycles. The van der Waals surface area contributed by atoms with Crippen LogP contribution in [0.25, 0.3) is 0 Å². The zero-order chi connectivity index (χ0) is 14.7. The minimum Gasteiger partial charge on any atom is -0.341 e. The summed E-state index contributed by atoms with van der Waals surface area (Å²) in [6.07, 6.45) is 1.73. The molecule has 2 atom stereocenters. The summed E-state index contributed by atoms with van der Waals surface area (Å²) in [7, 11) is 0. The lowest BCUT2D eigenvalue weighted by Crippen LogP contribution is -2.40. The van der Waals surface area contributed by atoms with Crippen molar-refractivity contribution in [3.8, 4) is 0 Å². The van der Waals surface area contributed by atoms with E-state index in [2.05, 4.69) is 51.2 Å². The van der Waals surface area contributed by atoms with Crippen LogP contribution in [-0.2, 0) is 4.79 Å². The fourth-order valence-electron chi connectivity index (χ4n) is 3.06. The van der Waals surface area contributed by atoms with E-state index in [9.17, 15) is 4.79 Å². The number of nitrogens with one attached hydrogen (secondary N) is 1. The molecule has 20 heavy (non-hydrogen) atoms. The van der Waals surface area contributed by atoms with Gasteiger partial charge in [0.15, 0.2) is 0 Å².